The van der Waals surface area contributed by atoms with Crippen molar-refractivity contribution >= 4 is 11.9 Å². The van der Waals surface area contributed by atoms with Gasteiger partial charge in [0.15, 0.2) is 0 Å². The second-order valence-electron chi connectivity index (χ2n) is 3.73. The van der Waals surface area contributed by atoms with E-state index in [2.05, 4.69) is 15.5 Å². The van der Waals surface area contributed by atoms with Gasteiger partial charge in [0.05, 0.1) is 17.0 Å². The lowest BCUT2D eigenvalue weighted by atomic mass is 10.1. The molecule has 0 saturated carbocycles. The monoisotopic (exact) mass is 237 g/mol. The second kappa shape index (κ2) is 5.38. The summed E-state index contributed by atoms with van der Waals surface area (Å²) >= 11 is 0. The molecule has 6 nitrogen and oxygen atoms in total. The van der Waals surface area contributed by atoms with Crippen LogP contribution in [0.1, 0.15) is 35.6 Å². The topological polar surface area (TPSA) is 92.2 Å². The van der Waals surface area contributed by atoms with E-state index in [4.69, 9.17) is 5.11 Å². The highest BCUT2D eigenvalue weighted by Crippen LogP contribution is 2.07. The molecule has 92 valence electrons. The Morgan fingerprint density at radius 1 is 1.47 bits per heavy atom. The lowest BCUT2D eigenvalue weighted by molar-refractivity contribution is -0.138. The van der Waals surface area contributed by atoms with Crippen molar-refractivity contribution in [1.82, 2.24) is 15.5 Å². The number of aliphatic carboxylic acids is 1. The lowest BCUT2D eigenvalue weighted by Gasteiger charge is -2.11. The Bertz CT molecular complexity index is 446. The van der Waals surface area contributed by atoms with Crippen LogP contribution in [0.15, 0.2) is 6.07 Å². The Morgan fingerprint density at radius 3 is 2.65 bits per heavy atom. The molecule has 1 aromatic heterocycles. The fourth-order valence-electron chi connectivity index (χ4n) is 1.31. The first kappa shape index (κ1) is 13.1. The number of rotatable bonds is 4. The lowest BCUT2D eigenvalue weighted by Crippen LogP contribution is -2.38. The normalized spacial score (nSPS) is 11.9. The van der Waals surface area contributed by atoms with Crippen LogP contribution >= 0.6 is 0 Å². The Morgan fingerprint density at radius 2 is 2.12 bits per heavy atom. The highest BCUT2D eigenvalue weighted by atomic mass is 16.4. The van der Waals surface area contributed by atoms with Crippen LogP contribution in [-0.2, 0) is 11.2 Å². The number of carboxylic acid groups (broad SMARTS) is 1. The number of hydrogen-bond acceptors (Lipinski definition) is 4. The van der Waals surface area contributed by atoms with Crippen molar-refractivity contribution < 1.29 is 14.7 Å². The predicted octanol–water partition coefficient (Wildman–Crippen LogP) is 0.550. The molecule has 1 atom stereocenters. The number of hydrogen-bond donors (Lipinski definition) is 2. The minimum atomic E-state index is -1.07. The molecule has 0 fully saturated rings. The van der Waals surface area contributed by atoms with Crippen molar-refractivity contribution in [2.75, 3.05) is 0 Å². The maximum Gasteiger partial charge on any atom is 0.325 e. The van der Waals surface area contributed by atoms with E-state index in [0.717, 1.165) is 0 Å². The van der Waals surface area contributed by atoms with Crippen LogP contribution in [0.5, 0.6) is 0 Å². The van der Waals surface area contributed by atoms with Gasteiger partial charge < -0.3 is 10.4 Å². The van der Waals surface area contributed by atoms with Gasteiger partial charge in [-0.25, -0.2) is 0 Å². The number of nitrogens with zero attached hydrogens (tertiary/aromatic N) is 2. The van der Waals surface area contributed by atoms with Crippen molar-refractivity contribution in [3.05, 3.63) is 23.0 Å². The number of amides is 1. The Balaban J connectivity index is 2.95. The zero-order valence-corrected chi connectivity index (χ0v) is 10.0. The molecule has 0 radical (unpaired) electrons. The van der Waals surface area contributed by atoms with Gasteiger partial charge in [-0.3, -0.25) is 9.59 Å². The number of carbonyl (C=O) groups excluding carboxylic acids is 1. The van der Waals surface area contributed by atoms with Gasteiger partial charge >= 0.3 is 5.97 Å². The molecule has 0 aliphatic heterocycles. The highest BCUT2D eigenvalue weighted by molar-refractivity contribution is 5.97. The predicted molar refractivity (Wildman–Crippen MR) is 60.7 cm³/mol. The van der Waals surface area contributed by atoms with Crippen LogP contribution in [0.4, 0.5) is 0 Å². The SMILES string of the molecule is CCc1nnc(C)cc1C(=O)N[C@H](C)C(=O)O. The average molecular weight is 237 g/mol. The quantitative estimate of drug-likeness (QED) is 0.797. The van der Waals surface area contributed by atoms with Crippen LogP contribution < -0.4 is 5.32 Å². The van der Waals surface area contributed by atoms with E-state index < -0.39 is 17.9 Å². The number of aryl methyl sites for hydroxylation is 2. The van der Waals surface area contributed by atoms with Gasteiger partial charge in [-0.15, -0.1) is 0 Å². The summed E-state index contributed by atoms with van der Waals surface area (Å²) in [6, 6.07) is 0.677. The summed E-state index contributed by atoms with van der Waals surface area (Å²) in [5.74, 6) is -1.51. The molecule has 1 aromatic rings. The molecule has 1 rings (SSSR count). The third-order valence-electron chi connectivity index (χ3n) is 2.29. The van der Waals surface area contributed by atoms with Gasteiger partial charge in [0.2, 0.25) is 0 Å². The molecular formula is C11H15N3O3. The van der Waals surface area contributed by atoms with Crippen LogP contribution in [0.2, 0.25) is 0 Å². The van der Waals surface area contributed by atoms with Gasteiger partial charge in [0.25, 0.3) is 5.91 Å². The number of nitrogens with one attached hydrogen (secondary N) is 1. The number of carboxylic acids is 1. The minimum Gasteiger partial charge on any atom is -0.480 e. The van der Waals surface area contributed by atoms with Gasteiger partial charge in [-0.2, -0.15) is 10.2 Å². The van der Waals surface area contributed by atoms with E-state index in [1.165, 1.54) is 6.92 Å². The molecule has 6 heteroatoms. The first-order chi connectivity index (χ1) is 7.95. The van der Waals surface area contributed by atoms with E-state index in [1.807, 2.05) is 6.92 Å². The molecule has 0 aromatic carbocycles. The van der Waals surface area contributed by atoms with Crippen molar-refractivity contribution in [2.45, 2.75) is 33.2 Å². The summed E-state index contributed by atoms with van der Waals surface area (Å²) < 4.78 is 0. The molecule has 0 bridgehead atoms. The van der Waals surface area contributed by atoms with E-state index in [1.54, 1.807) is 13.0 Å². The Labute approximate surface area is 99.1 Å². The van der Waals surface area contributed by atoms with E-state index in [-0.39, 0.29) is 0 Å². The van der Waals surface area contributed by atoms with Crippen molar-refractivity contribution in [3.8, 4) is 0 Å². The summed E-state index contributed by atoms with van der Waals surface area (Å²) in [6.45, 7) is 4.99. The minimum absolute atomic E-state index is 0.382. The molecule has 0 spiro atoms. The van der Waals surface area contributed by atoms with E-state index in [9.17, 15) is 9.59 Å². The van der Waals surface area contributed by atoms with E-state index in [0.29, 0.717) is 23.4 Å². The Hall–Kier alpha value is -1.98. The largest absolute Gasteiger partial charge is 0.480 e. The molecule has 0 saturated heterocycles. The summed E-state index contributed by atoms with van der Waals surface area (Å²) in [5.41, 5.74) is 1.56. The van der Waals surface area contributed by atoms with Crippen molar-refractivity contribution in [1.29, 1.82) is 0 Å². The van der Waals surface area contributed by atoms with Crippen LogP contribution in [0, 0.1) is 6.92 Å². The summed E-state index contributed by atoms with van der Waals surface area (Å²) in [5, 5.41) is 18.9. The fraction of sp³-hybridized carbons (Fsp3) is 0.455. The molecule has 1 heterocycles. The summed E-state index contributed by atoms with van der Waals surface area (Å²) in [4.78, 5) is 22.5. The smallest absolute Gasteiger partial charge is 0.325 e. The van der Waals surface area contributed by atoms with Gasteiger partial charge in [-0.1, -0.05) is 6.92 Å². The van der Waals surface area contributed by atoms with Crippen molar-refractivity contribution in [2.24, 2.45) is 0 Å². The molecular weight excluding hydrogens is 222 g/mol. The Kier molecular flexibility index (Phi) is 4.14. The zero-order chi connectivity index (χ0) is 13.0. The maximum atomic E-state index is 11.8. The van der Waals surface area contributed by atoms with Gasteiger partial charge in [0, 0.05) is 0 Å². The second-order valence-corrected chi connectivity index (χ2v) is 3.73. The van der Waals surface area contributed by atoms with Crippen LogP contribution in [0.3, 0.4) is 0 Å². The molecule has 2 N–H and O–H groups in total. The average Bonchev–Trinajstić information content (AvgIpc) is 2.28. The number of aromatic nitrogens is 2. The third kappa shape index (κ3) is 3.24. The molecule has 0 aliphatic carbocycles. The number of carbonyl (C=O) groups is 2. The molecule has 0 unspecified atom stereocenters. The fourth-order valence-corrected chi connectivity index (χ4v) is 1.31. The van der Waals surface area contributed by atoms with Gasteiger partial charge in [-0.05, 0) is 26.3 Å². The van der Waals surface area contributed by atoms with Crippen LogP contribution in [0.25, 0.3) is 0 Å². The first-order valence-electron chi connectivity index (χ1n) is 5.32. The van der Waals surface area contributed by atoms with Crippen molar-refractivity contribution in [3.63, 3.8) is 0 Å². The highest BCUT2D eigenvalue weighted by Gasteiger charge is 2.18. The molecule has 1 amide bonds. The van der Waals surface area contributed by atoms with E-state index >= 15 is 0 Å². The summed E-state index contributed by atoms with van der Waals surface area (Å²) in [7, 11) is 0. The molecule has 0 aliphatic rings. The van der Waals surface area contributed by atoms with Gasteiger partial charge in [0.1, 0.15) is 6.04 Å². The molecule has 17 heavy (non-hydrogen) atoms. The third-order valence-corrected chi connectivity index (χ3v) is 2.29. The standard InChI is InChI=1S/C11H15N3O3/c1-4-9-8(5-6(2)13-14-9)10(15)12-7(3)11(16)17/h5,7H,4H2,1-3H3,(H,12,15)(H,16,17)/t7-/m1/s1. The van der Waals surface area contributed by atoms with Crippen LogP contribution in [-0.4, -0.2) is 33.2 Å². The maximum absolute atomic E-state index is 11.8. The first-order valence-corrected chi connectivity index (χ1v) is 5.32. The summed E-state index contributed by atoms with van der Waals surface area (Å²) in [6.07, 6.45) is 0.567. The zero-order valence-electron chi connectivity index (χ0n) is 10.0.